The summed E-state index contributed by atoms with van der Waals surface area (Å²) in [6.07, 6.45) is 12.4. The molecule has 1 saturated carbocycles. The number of unbranched alkanes of at least 4 members (excludes halogenated alkanes) is 1. The molecule has 3 heterocycles. The van der Waals surface area contributed by atoms with Crippen molar-refractivity contribution in [2.75, 3.05) is 12.3 Å². The Bertz CT molecular complexity index is 888. The van der Waals surface area contributed by atoms with E-state index < -0.39 is 9.84 Å². The van der Waals surface area contributed by atoms with Gasteiger partial charge < -0.3 is 4.57 Å². The van der Waals surface area contributed by atoms with Gasteiger partial charge >= 0.3 is 0 Å². The molecule has 0 radical (unpaired) electrons. The summed E-state index contributed by atoms with van der Waals surface area (Å²) in [5, 5.41) is 3.50. The van der Waals surface area contributed by atoms with E-state index in [1.54, 1.807) is 17.5 Å². The Morgan fingerprint density at radius 1 is 1.17 bits per heavy atom. The average Bonchev–Trinajstić information content (AvgIpc) is 3.34. The molecule has 1 aliphatic heterocycles. The van der Waals surface area contributed by atoms with Crippen LogP contribution in [-0.4, -0.2) is 40.2 Å². The molecule has 0 bridgehead atoms. The van der Waals surface area contributed by atoms with Crippen LogP contribution < -0.4 is 0 Å². The zero-order valence-corrected chi connectivity index (χ0v) is 18.9. The molecular formula is C21H32N4O2S2. The van der Waals surface area contributed by atoms with Crippen molar-refractivity contribution in [2.45, 2.75) is 82.6 Å². The average molecular weight is 437 g/mol. The molecule has 1 atom stereocenters. The molecule has 8 heteroatoms. The van der Waals surface area contributed by atoms with Gasteiger partial charge in [-0.3, -0.25) is 4.90 Å². The third kappa shape index (κ3) is 4.75. The highest BCUT2D eigenvalue weighted by Crippen LogP contribution is 2.34. The maximum atomic E-state index is 13.1. The summed E-state index contributed by atoms with van der Waals surface area (Å²) in [6.45, 7) is 4.62. The van der Waals surface area contributed by atoms with Crippen LogP contribution >= 0.6 is 11.3 Å². The van der Waals surface area contributed by atoms with Gasteiger partial charge in [-0.2, -0.15) is 0 Å². The number of imidazole rings is 1. The predicted molar refractivity (Wildman–Crippen MR) is 116 cm³/mol. The van der Waals surface area contributed by atoms with Crippen molar-refractivity contribution >= 4 is 21.2 Å². The first-order valence-electron chi connectivity index (χ1n) is 11.0. The van der Waals surface area contributed by atoms with Gasteiger partial charge in [-0.05, 0) is 44.6 Å². The zero-order chi connectivity index (χ0) is 20.3. The minimum atomic E-state index is -3.34. The number of sulfone groups is 1. The van der Waals surface area contributed by atoms with Gasteiger partial charge in [0.05, 0.1) is 23.7 Å². The van der Waals surface area contributed by atoms with Crippen molar-refractivity contribution in [2.24, 2.45) is 5.92 Å². The Morgan fingerprint density at radius 3 is 2.72 bits per heavy atom. The van der Waals surface area contributed by atoms with Gasteiger partial charge in [0.15, 0.2) is 0 Å². The smallest absolute Gasteiger partial charge is 0.227 e. The number of hydrogen-bond donors (Lipinski definition) is 0. The Kier molecular flexibility index (Phi) is 6.71. The fourth-order valence-corrected chi connectivity index (χ4v) is 7.10. The standard InChI is InChI=1S/C21H32N4O2S2/c1-2-3-12-25-18(14-23-21(25)29(26,27)16-17-7-6-8-17)15-24-11-5-4-9-19(24)20-22-10-13-28-20/h10,13-14,17,19H,2-9,11-12,15-16H2,1H3. The van der Waals surface area contributed by atoms with Crippen LogP contribution in [0, 0.1) is 5.92 Å². The molecular weight excluding hydrogens is 404 g/mol. The largest absolute Gasteiger partial charge is 0.318 e. The van der Waals surface area contributed by atoms with Crippen molar-refractivity contribution in [3.63, 3.8) is 0 Å². The lowest BCUT2D eigenvalue weighted by Crippen LogP contribution is -2.33. The van der Waals surface area contributed by atoms with E-state index in [2.05, 4.69) is 21.8 Å². The molecule has 0 aromatic carbocycles. The number of piperidine rings is 1. The molecule has 0 N–H and O–H groups in total. The third-order valence-corrected chi connectivity index (χ3v) is 8.98. The molecule has 2 aromatic rings. The van der Waals surface area contributed by atoms with Crippen LogP contribution in [0.4, 0.5) is 0 Å². The highest BCUT2D eigenvalue weighted by atomic mass is 32.2. The topological polar surface area (TPSA) is 68.1 Å². The van der Waals surface area contributed by atoms with Crippen LogP contribution in [0.25, 0.3) is 0 Å². The maximum absolute atomic E-state index is 13.1. The minimum Gasteiger partial charge on any atom is -0.318 e. The zero-order valence-electron chi connectivity index (χ0n) is 17.3. The molecule has 0 amide bonds. The summed E-state index contributed by atoms with van der Waals surface area (Å²) in [7, 11) is -3.34. The summed E-state index contributed by atoms with van der Waals surface area (Å²) in [5.74, 6) is 0.567. The molecule has 2 aromatic heterocycles. The van der Waals surface area contributed by atoms with Gasteiger partial charge in [0.25, 0.3) is 0 Å². The summed E-state index contributed by atoms with van der Waals surface area (Å²) in [4.78, 5) is 11.5. The Balaban J connectivity index is 1.58. The van der Waals surface area contributed by atoms with E-state index >= 15 is 0 Å². The lowest BCUT2D eigenvalue weighted by Gasteiger charge is -2.34. The van der Waals surface area contributed by atoms with Crippen molar-refractivity contribution in [1.29, 1.82) is 0 Å². The van der Waals surface area contributed by atoms with E-state index in [0.29, 0.717) is 12.0 Å². The normalized spacial score (nSPS) is 21.3. The van der Waals surface area contributed by atoms with Crippen molar-refractivity contribution in [3.05, 3.63) is 28.5 Å². The molecule has 160 valence electrons. The first-order chi connectivity index (χ1) is 14.1. The van der Waals surface area contributed by atoms with E-state index in [-0.39, 0.29) is 10.9 Å². The number of aromatic nitrogens is 3. The van der Waals surface area contributed by atoms with Gasteiger partial charge in [-0.15, -0.1) is 11.3 Å². The van der Waals surface area contributed by atoms with Crippen LogP contribution in [0.2, 0.25) is 0 Å². The molecule has 1 aliphatic carbocycles. The number of likely N-dealkylation sites (tertiary alicyclic amines) is 1. The minimum absolute atomic E-state index is 0.251. The van der Waals surface area contributed by atoms with Crippen LogP contribution in [-0.2, 0) is 22.9 Å². The number of nitrogens with zero attached hydrogens (tertiary/aromatic N) is 4. The van der Waals surface area contributed by atoms with Crippen molar-refractivity contribution < 1.29 is 8.42 Å². The second kappa shape index (κ2) is 9.27. The Hall–Kier alpha value is -1.25. The second-order valence-electron chi connectivity index (χ2n) is 8.47. The highest BCUT2D eigenvalue weighted by Gasteiger charge is 2.31. The van der Waals surface area contributed by atoms with Gasteiger partial charge in [0.2, 0.25) is 15.0 Å². The summed E-state index contributed by atoms with van der Waals surface area (Å²) >= 11 is 1.72. The molecule has 29 heavy (non-hydrogen) atoms. The molecule has 6 nitrogen and oxygen atoms in total. The first-order valence-corrected chi connectivity index (χ1v) is 13.5. The predicted octanol–water partition coefficient (Wildman–Crippen LogP) is 4.44. The van der Waals surface area contributed by atoms with E-state index in [1.807, 2.05) is 16.1 Å². The van der Waals surface area contributed by atoms with Crippen LogP contribution in [0.5, 0.6) is 0 Å². The van der Waals surface area contributed by atoms with E-state index in [0.717, 1.165) is 63.9 Å². The van der Waals surface area contributed by atoms with Crippen LogP contribution in [0.1, 0.15) is 75.0 Å². The molecule has 1 unspecified atom stereocenters. The highest BCUT2D eigenvalue weighted by molar-refractivity contribution is 7.91. The van der Waals surface area contributed by atoms with Gasteiger partial charge in [-0.1, -0.05) is 26.2 Å². The summed E-state index contributed by atoms with van der Waals surface area (Å²) in [5.41, 5.74) is 1.02. The number of hydrogen-bond acceptors (Lipinski definition) is 6. The second-order valence-corrected chi connectivity index (χ2v) is 11.3. The summed E-state index contributed by atoms with van der Waals surface area (Å²) < 4.78 is 28.1. The van der Waals surface area contributed by atoms with Gasteiger partial charge in [0.1, 0.15) is 5.01 Å². The Morgan fingerprint density at radius 2 is 2.03 bits per heavy atom. The molecule has 0 spiro atoms. The van der Waals surface area contributed by atoms with Crippen molar-refractivity contribution in [3.8, 4) is 0 Å². The quantitative estimate of drug-likeness (QED) is 0.581. The van der Waals surface area contributed by atoms with Gasteiger partial charge in [-0.25, -0.2) is 18.4 Å². The molecule has 2 fully saturated rings. The van der Waals surface area contributed by atoms with E-state index in [9.17, 15) is 8.42 Å². The molecule has 2 aliphatic rings. The van der Waals surface area contributed by atoms with E-state index in [1.165, 1.54) is 17.8 Å². The van der Waals surface area contributed by atoms with E-state index in [4.69, 9.17) is 0 Å². The number of thiazole rings is 1. The SMILES string of the molecule is CCCCn1c(CN2CCCCC2c2nccs2)cnc1S(=O)(=O)CC1CCC1. The Labute approximate surface area is 178 Å². The van der Waals surface area contributed by atoms with Crippen LogP contribution in [0.15, 0.2) is 22.9 Å². The maximum Gasteiger partial charge on any atom is 0.227 e. The fourth-order valence-electron chi connectivity index (χ4n) is 4.43. The third-order valence-electron chi connectivity index (χ3n) is 6.31. The monoisotopic (exact) mass is 436 g/mol. The lowest BCUT2D eigenvalue weighted by atomic mass is 9.87. The molecule has 4 rings (SSSR count). The van der Waals surface area contributed by atoms with Crippen molar-refractivity contribution in [1.82, 2.24) is 19.4 Å². The number of rotatable bonds is 9. The molecule has 1 saturated heterocycles. The van der Waals surface area contributed by atoms with Crippen LogP contribution in [0.3, 0.4) is 0 Å². The fraction of sp³-hybridized carbons (Fsp3) is 0.714. The first kappa shape index (κ1) is 21.0. The lowest BCUT2D eigenvalue weighted by molar-refractivity contribution is 0.136. The van der Waals surface area contributed by atoms with Gasteiger partial charge in [0, 0.05) is 24.7 Å². The summed E-state index contributed by atoms with van der Waals surface area (Å²) in [6, 6.07) is 0.327.